The van der Waals surface area contributed by atoms with Crippen LogP contribution in [0.25, 0.3) is 0 Å². The molecule has 0 saturated carbocycles. The minimum absolute atomic E-state index is 0.0150. The van der Waals surface area contributed by atoms with E-state index in [1.807, 2.05) is 0 Å². The second-order valence-electron chi connectivity index (χ2n) is 4.62. The first-order valence-corrected chi connectivity index (χ1v) is 7.63. The first kappa shape index (κ1) is 12.8. The van der Waals surface area contributed by atoms with E-state index in [0.717, 1.165) is 12.8 Å². The zero-order chi connectivity index (χ0) is 12.5. The van der Waals surface area contributed by atoms with E-state index in [-0.39, 0.29) is 24.2 Å². The lowest BCUT2D eigenvalue weighted by Gasteiger charge is -2.25. The number of nitrogens with two attached hydrogens (primary N) is 1. The lowest BCUT2D eigenvalue weighted by atomic mass is 10.2. The van der Waals surface area contributed by atoms with Crippen molar-refractivity contribution in [2.24, 2.45) is 5.73 Å². The molecule has 2 heterocycles. The zero-order valence-electron chi connectivity index (χ0n) is 9.84. The Bertz CT molecular complexity index is 396. The summed E-state index contributed by atoms with van der Waals surface area (Å²) in [5.74, 6) is 0.0593. The average molecular weight is 261 g/mol. The van der Waals surface area contributed by atoms with Crippen LogP contribution in [0.4, 0.5) is 0 Å². The highest BCUT2D eigenvalue weighted by molar-refractivity contribution is 7.89. The van der Waals surface area contributed by atoms with Gasteiger partial charge in [0.05, 0.1) is 12.3 Å². The number of hydrogen-bond donors (Lipinski definition) is 1. The van der Waals surface area contributed by atoms with Crippen molar-refractivity contribution in [1.29, 1.82) is 0 Å². The number of likely N-dealkylation sites (tertiary alicyclic amines) is 1. The standard InChI is InChI=1S/C10H19N3O3S/c11-7-9-3-1-5-13(9)10(14)8-12-4-2-6-17(12,15)16/h9H,1-8,11H2. The number of amides is 1. The van der Waals surface area contributed by atoms with E-state index in [9.17, 15) is 13.2 Å². The van der Waals surface area contributed by atoms with E-state index < -0.39 is 10.0 Å². The lowest BCUT2D eigenvalue weighted by Crippen LogP contribution is -2.45. The molecule has 2 aliphatic rings. The monoisotopic (exact) mass is 261 g/mol. The van der Waals surface area contributed by atoms with Crippen LogP contribution in [0.5, 0.6) is 0 Å². The zero-order valence-corrected chi connectivity index (χ0v) is 10.7. The van der Waals surface area contributed by atoms with E-state index in [2.05, 4.69) is 0 Å². The van der Waals surface area contributed by atoms with Crippen LogP contribution in [-0.4, -0.2) is 61.5 Å². The molecule has 2 aliphatic heterocycles. The normalized spacial score (nSPS) is 28.8. The summed E-state index contributed by atoms with van der Waals surface area (Å²) < 4.78 is 24.5. The molecule has 98 valence electrons. The molecule has 0 spiro atoms. The van der Waals surface area contributed by atoms with Gasteiger partial charge in [-0.05, 0) is 19.3 Å². The number of nitrogens with zero attached hydrogens (tertiary/aromatic N) is 2. The average Bonchev–Trinajstić information content (AvgIpc) is 2.85. The molecular formula is C10H19N3O3S. The smallest absolute Gasteiger partial charge is 0.238 e. The summed E-state index contributed by atoms with van der Waals surface area (Å²) >= 11 is 0. The van der Waals surface area contributed by atoms with Crippen LogP contribution < -0.4 is 5.73 Å². The van der Waals surface area contributed by atoms with E-state index >= 15 is 0 Å². The highest BCUT2D eigenvalue weighted by atomic mass is 32.2. The number of rotatable bonds is 3. The van der Waals surface area contributed by atoms with Gasteiger partial charge in [0.1, 0.15) is 0 Å². The van der Waals surface area contributed by atoms with Gasteiger partial charge in [-0.15, -0.1) is 0 Å². The van der Waals surface area contributed by atoms with Gasteiger partial charge in [0.25, 0.3) is 0 Å². The van der Waals surface area contributed by atoms with Crippen LogP contribution in [0, 0.1) is 0 Å². The molecule has 17 heavy (non-hydrogen) atoms. The van der Waals surface area contributed by atoms with Crippen LogP contribution in [0.15, 0.2) is 0 Å². The Kier molecular flexibility index (Phi) is 3.70. The van der Waals surface area contributed by atoms with Crippen molar-refractivity contribution in [3.63, 3.8) is 0 Å². The Hall–Kier alpha value is -0.660. The molecule has 0 aromatic carbocycles. The third-order valence-electron chi connectivity index (χ3n) is 3.48. The van der Waals surface area contributed by atoms with Crippen molar-refractivity contribution in [2.75, 3.05) is 31.9 Å². The van der Waals surface area contributed by atoms with Crippen molar-refractivity contribution in [2.45, 2.75) is 25.3 Å². The van der Waals surface area contributed by atoms with Gasteiger partial charge in [-0.25, -0.2) is 8.42 Å². The Morgan fingerprint density at radius 2 is 2.06 bits per heavy atom. The summed E-state index contributed by atoms with van der Waals surface area (Å²) in [5, 5.41) is 0. The maximum atomic E-state index is 12.0. The minimum atomic E-state index is -3.18. The van der Waals surface area contributed by atoms with Crippen LogP contribution in [-0.2, 0) is 14.8 Å². The molecule has 2 fully saturated rings. The fourth-order valence-corrected chi connectivity index (χ4v) is 3.99. The van der Waals surface area contributed by atoms with Gasteiger partial charge in [0, 0.05) is 25.7 Å². The molecule has 0 aromatic rings. The molecule has 7 heteroatoms. The minimum Gasteiger partial charge on any atom is -0.337 e. The molecule has 0 radical (unpaired) electrons. The predicted octanol–water partition coefficient (Wildman–Crippen LogP) is -1.03. The van der Waals surface area contributed by atoms with Gasteiger partial charge < -0.3 is 10.6 Å². The van der Waals surface area contributed by atoms with Gasteiger partial charge in [-0.3, -0.25) is 4.79 Å². The molecule has 1 amide bonds. The third kappa shape index (κ3) is 2.61. The summed E-state index contributed by atoms with van der Waals surface area (Å²) in [6.07, 6.45) is 2.51. The van der Waals surface area contributed by atoms with Gasteiger partial charge in [0.15, 0.2) is 0 Å². The van der Waals surface area contributed by atoms with E-state index in [1.165, 1.54) is 4.31 Å². The van der Waals surface area contributed by atoms with Crippen LogP contribution in [0.2, 0.25) is 0 Å². The highest BCUT2D eigenvalue weighted by Gasteiger charge is 2.34. The number of sulfonamides is 1. The third-order valence-corrected chi connectivity index (χ3v) is 5.39. The van der Waals surface area contributed by atoms with E-state index in [4.69, 9.17) is 5.73 Å². The maximum Gasteiger partial charge on any atom is 0.238 e. The largest absolute Gasteiger partial charge is 0.337 e. The highest BCUT2D eigenvalue weighted by Crippen LogP contribution is 2.18. The quantitative estimate of drug-likeness (QED) is 0.704. The number of hydrogen-bond acceptors (Lipinski definition) is 4. The summed E-state index contributed by atoms with van der Waals surface area (Å²) in [5.41, 5.74) is 5.60. The molecule has 6 nitrogen and oxygen atoms in total. The Morgan fingerprint density at radius 3 is 2.65 bits per heavy atom. The first-order valence-electron chi connectivity index (χ1n) is 6.02. The van der Waals surface area contributed by atoms with Crippen molar-refractivity contribution in [3.8, 4) is 0 Å². The van der Waals surface area contributed by atoms with Crippen molar-refractivity contribution in [3.05, 3.63) is 0 Å². The van der Waals surface area contributed by atoms with Gasteiger partial charge in [-0.2, -0.15) is 4.31 Å². The fraction of sp³-hybridized carbons (Fsp3) is 0.900. The van der Waals surface area contributed by atoms with Crippen molar-refractivity contribution < 1.29 is 13.2 Å². The Balaban J connectivity index is 1.97. The van der Waals surface area contributed by atoms with Gasteiger partial charge in [0.2, 0.25) is 15.9 Å². The Labute approximate surface area is 102 Å². The summed E-state index contributed by atoms with van der Waals surface area (Å²) in [7, 11) is -3.18. The van der Waals surface area contributed by atoms with E-state index in [0.29, 0.717) is 26.1 Å². The van der Waals surface area contributed by atoms with E-state index in [1.54, 1.807) is 4.90 Å². The summed E-state index contributed by atoms with van der Waals surface area (Å²) in [6, 6.07) is 0.0906. The molecule has 1 atom stereocenters. The molecule has 2 rings (SSSR count). The van der Waals surface area contributed by atoms with Gasteiger partial charge in [-0.1, -0.05) is 0 Å². The second kappa shape index (κ2) is 4.91. The van der Waals surface area contributed by atoms with Crippen LogP contribution in [0.1, 0.15) is 19.3 Å². The molecule has 1 unspecified atom stereocenters. The number of carbonyl (C=O) groups is 1. The maximum absolute atomic E-state index is 12.0. The van der Waals surface area contributed by atoms with Gasteiger partial charge >= 0.3 is 0 Å². The fourth-order valence-electron chi connectivity index (χ4n) is 2.52. The Morgan fingerprint density at radius 1 is 1.29 bits per heavy atom. The predicted molar refractivity (Wildman–Crippen MR) is 63.8 cm³/mol. The summed E-state index contributed by atoms with van der Waals surface area (Å²) in [4.78, 5) is 13.8. The topological polar surface area (TPSA) is 83.7 Å². The van der Waals surface area contributed by atoms with Crippen molar-refractivity contribution in [1.82, 2.24) is 9.21 Å². The first-order chi connectivity index (χ1) is 8.04. The molecule has 0 aliphatic carbocycles. The SMILES string of the molecule is NCC1CCCN1C(=O)CN1CCCS1(=O)=O. The molecule has 0 aromatic heterocycles. The molecular weight excluding hydrogens is 242 g/mol. The number of carbonyl (C=O) groups excluding carboxylic acids is 1. The van der Waals surface area contributed by atoms with Crippen molar-refractivity contribution >= 4 is 15.9 Å². The molecule has 2 saturated heterocycles. The summed E-state index contributed by atoms with van der Waals surface area (Å²) in [6.45, 7) is 1.61. The molecule has 2 N–H and O–H groups in total. The van der Waals surface area contributed by atoms with Crippen LogP contribution in [0.3, 0.4) is 0 Å². The lowest BCUT2D eigenvalue weighted by molar-refractivity contribution is -0.132. The second-order valence-corrected chi connectivity index (χ2v) is 6.71. The molecule has 0 bridgehead atoms. The van der Waals surface area contributed by atoms with Crippen LogP contribution >= 0.6 is 0 Å².